The molecule has 0 aromatic heterocycles. The predicted molar refractivity (Wildman–Crippen MR) is 254 cm³/mol. The standard InChI is InChI=1S/C50H93NO18/c1-3-5-7-8-9-10-11-12-13-14-15-16-17-18-19-20-21-22-23-24-26-27-34(55)33(51-38(56)28-25-6-4-2)32-64-48-44(62)41(59)46(36(30-53)66-48)69-50-45(63)42(60)47(37(31-54)67-50)68-49-43(61)40(58)39(57)35(29-52)65-49/h26-27,33-37,39-50,52-55,57-63H,3-25,28-32H2,1-2H3,(H,51,56)/b27-26+. The number of aliphatic hydroxyl groups is 11. The van der Waals surface area contributed by atoms with E-state index in [-0.39, 0.29) is 18.9 Å². The SMILES string of the molecule is CCCCCCCCCCCCCCCCCCCCC/C=C/C(O)C(COC1OC(CO)C(OC2OC(CO)C(OC3OC(CO)C(O)C(O)C3O)C(O)C2O)C(O)C1O)NC(=O)CCCCC. The van der Waals surface area contributed by atoms with Crippen molar-refractivity contribution in [1.82, 2.24) is 5.32 Å². The van der Waals surface area contributed by atoms with Crippen LogP contribution in [0.5, 0.6) is 0 Å². The lowest BCUT2D eigenvalue weighted by molar-refractivity contribution is -0.379. The molecule has 19 nitrogen and oxygen atoms in total. The van der Waals surface area contributed by atoms with Gasteiger partial charge in [-0.15, -0.1) is 0 Å². The van der Waals surface area contributed by atoms with E-state index in [0.717, 1.165) is 38.5 Å². The molecule has 0 aliphatic carbocycles. The summed E-state index contributed by atoms with van der Waals surface area (Å²) >= 11 is 0. The lowest BCUT2D eigenvalue weighted by atomic mass is 9.96. The van der Waals surface area contributed by atoms with Crippen molar-refractivity contribution in [2.24, 2.45) is 0 Å². The minimum absolute atomic E-state index is 0.231. The number of hydrogen-bond acceptors (Lipinski definition) is 18. The van der Waals surface area contributed by atoms with Gasteiger partial charge in [-0.3, -0.25) is 4.79 Å². The van der Waals surface area contributed by atoms with Gasteiger partial charge in [0.1, 0.15) is 73.2 Å². The first-order chi connectivity index (χ1) is 33.3. The van der Waals surface area contributed by atoms with E-state index in [0.29, 0.717) is 6.42 Å². The van der Waals surface area contributed by atoms with Crippen molar-refractivity contribution in [1.29, 1.82) is 0 Å². The largest absolute Gasteiger partial charge is 0.394 e. The second-order valence-electron chi connectivity index (χ2n) is 19.3. The Labute approximate surface area is 410 Å². The average molecular weight is 996 g/mol. The van der Waals surface area contributed by atoms with E-state index >= 15 is 0 Å². The molecule has 12 N–H and O–H groups in total. The Morgan fingerprint density at radius 2 is 0.899 bits per heavy atom. The van der Waals surface area contributed by atoms with E-state index in [1.54, 1.807) is 6.08 Å². The first-order valence-corrected chi connectivity index (χ1v) is 26.4. The third-order valence-corrected chi connectivity index (χ3v) is 13.6. The lowest BCUT2D eigenvalue weighted by Gasteiger charge is -2.48. The van der Waals surface area contributed by atoms with Crippen molar-refractivity contribution in [2.75, 3.05) is 26.4 Å². The number of carbonyl (C=O) groups excluding carboxylic acids is 1. The normalized spacial score (nSPS) is 32.9. The van der Waals surface area contributed by atoms with Gasteiger partial charge in [0.05, 0.1) is 38.6 Å². The molecule has 0 bridgehead atoms. The van der Waals surface area contributed by atoms with E-state index in [1.165, 1.54) is 103 Å². The molecule has 17 atom stereocenters. The zero-order valence-corrected chi connectivity index (χ0v) is 41.5. The summed E-state index contributed by atoms with van der Waals surface area (Å²) in [6.45, 7) is 1.51. The van der Waals surface area contributed by atoms with Crippen LogP contribution in [0.1, 0.15) is 168 Å². The van der Waals surface area contributed by atoms with Crippen LogP contribution in [0.4, 0.5) is 0 Å². The highest BCUT2D eigenvalue weighted by molar-refractivity contribution is 5.76. The zero-order chi connectivity index (χ0) is 50.6. The van der Waals surface area contributed by atoms with Gasteiger partial charge in [0.25, 0.3) is 0 Å². The van der Waals surface area contributed by atoms with Gasteiger partial charge < -0.3 is 89.9 Å². The fourth-order valence-corrected chi connectivity index (χ4v) is 9.13. The predicted octanol–water partition coefficient (Wildman–Crippen LogP) is 2.26. The molecule has 0 aromatic carbocycles. The van der Waals surface area contributed by atoms with Gasteiger partial charge >= 0.3 is 0 Å². The number of amides is 1. The summed E-state index contributed by atoms with van der Waals surface area (Å²) in [5.74, 6) is -0.301. The van der Waals surface area contributed by atoms with Crippen molar-refractivity contribution < 1.29 is 89.4 Å². The third kappa shape index (κ3) is 21.5. The van der Waals surface area contributed by atoms with Crippen LogP contribution in [0.2, 0.25) is 0 Å². The summed E-state index contributed by atoms with van der Waals surface area (Å²) < 4.78 is 33.9. The Hall–Kier alpha value is -1.47. The molecule has 17 unspecified atom stereocenters. The summed E-state index contributed by atoms with van der Waals surface area (Å²) in [7, 11) is 0. The van der Waals surface area contributed by atoms with Crippen molar-refractivity contribution in [2.45, 2.75) is 272 Å². The Morgan fingerprint density at radius 3 is 1.36 bits per heavy atom. The number of aliphatic hydroxyl groups excluding tert-OH is 11. The van der Waals surface area contributed by atoms with Crippen LogP contribution in [0.15, 0.2) is 12.2 Å². The minimum atomic E-state index is -1.97. The number of hydrogen-bond donors (Lipinski definition) is 12. The molecular weight excluding hydrogens is 903 g/mol. The summed E-state index contributed by atoms with van der Waals surface area (Å²) in [5, 5.41) is 119. The molecule has 69 heavy (non-hydrogen) atoms. The maximum Gasteiger partial charge on any atom is 0.220 e. The van der Waals surface area contributed by atoms with Crippen LogP contribution >= 0.6 is 0 Å². The van der Waals surface area contributed by atoms with Gasteiger partial charge in [0.15, 0.2) is 18.9 Å². The third-order valence-electron chi connectivity index (χ3n) is 13.6. The Kier molecular flexibility index (Phi) is 31.9. The highest BCUT2D eigenvalue weighted by Gasteiger charge is 2.53. The van der Waals surface area contributed by atoms with Gasteiger partial charge in [-0.2, -0.15) is 0 Å². The van der Waals surface area contributed by atoms with Gasteiger partial charge in [-0.1, -0.05) is 154 Å². The number of carbonyl (C=O) groups is 1. The van der Waals surface area contributed by atoms with Gasteiger partial charge in [0, 0.05) is 6.42 Å². The maximum absolute atomic E-state index is 12.9. The van der Waals surface area contributed by atoms with Crippen LogP contribution in [-0.4, -0.2) is 193 Å². The molecular formula is C50H93NO18. The van der Waals surface area contributed by atoms with Crippen molar-refractivity contribution in [3.8, 4) is 0 Å². The average Bonchev–Trinajstić information content (AvgIpc) is 3.34. The molecule has 3 aliphatic heterocycles. The van der Waals surface area contributed by atoms with Crippen LogP contribution in [0.25, 0.3) is 0 Å². The smallest absolute Gasteiger partial charge is 0.220 e. The topological polar surface area (TPSA) is 307 Å². The molecule has 3 saturated heterocycles. The van der Waals surface area contributed by atoms with E-state index < -0.39 is 124 Å². The number of unbranched alkanes of at least 4 members (excludes halogenated alkanes) is 21. The Morgan fingerprint density at radius 1 is 0.507 bits per heavy atom. The summed E-state index contributed by atoms with van der Waals surface area (Å²) in [6, 6.07) is -0.962. The number of rotatable bonds is 37. The molecule has 0 spiro atoms. The highest BCUT2D eigenvalue weighted by atomic mass is 16.8. The fourth-order valence-electron chi connectivity index (χ4n) is 9.13. The van der Waals surface area contributed by atoms with Crippen LogP contribution < -0.4 is 5.32 Å². The quantitative estimate of drug-likeness (QED) is 0.0314. The summed E-state index contributed by atoms with van der Waals surface area (Å²) in [6.07, 6.45) is 4.76. The molecule has 19 heteroatoms. The minimum Gasteiger partial charge on any atom is -0.394 e. The fraction of sp³-hybridized carbons (Fsp3) is 0.940. The molecule has 0 radical (unpaired) electrons. The summed E-state index contributed by atoms with van der Waals surface area (Å²) in [4.78, 5) is 12.9. The van der Waals surface area contributed by atoms with Crippen LogP contribution in [-0.2, 0) is 33.2 Å². The van der Waals surface area contributed by atoms with Crippen molar-refractivity contribution in [3.63, 3.8) is 0 Å². The second kappa shape index (κ2) is 35.6. The molecule has 3 aliphatic rings. The summed E-state index contributed by atoms with van der Waals surface area (Å²) in [5.41, 5.74) is 0. The number of ether oxygens (including phenoxy) is 6. The molecule has 0 saturated carbocycles. The highest BCUT2D eigenvalue weighted by Crippen LogP contribution is 2.33. The van der Waals surface area contributed by atoms with Gasteiger partial charge in [-0.05, 0) is 19.3 Å². The number of nitrogens with one attached hydrogen (secondary N) is 1. The first-order valence-electron chi connectivity index (χ1n) is 26.4. The van der Waals surface area contributed by atoms with Crippen LogP contribution in [0, 0.1) is 0 Å². The number of allylic oxidation sites excluding steroid dienone is 1. The van der Waals surface area contributed by atoms with Gasteiger partial charge in [-0.25, -0.2) is 0 Å². The van der Waals surface area contributed by atoms with Crippen molar-refractivity contribution in [3.05, 3.63) is 12.2 Å². The maximum atomic E-state index is 12.9. The second-order valence-corrected chi connectivity index (χ2v) is 19.3. The molecule has 3 heterocycles. The van der Waals surface area contributed by atoms with E-state index in [4.69, 9.17) is 28.4 Å². The molecule has 1 amide bonds. The van der Waals surface area contributed by atoms with Gasteiger partial charge in [0.2, 0.25) is 5.91 Å². The van der Waals surface area contributed by atoms with E-state index in [2.05, 4.69) is 12.2 Å². The molecule has 0 aromatic rings. The molecule has 3 rings (SSSR count). The molecule has 3 fully saturated rings. The lowest BCUT2D eigenvalue weighted by Crippen LogP contribution is -2.66. The Bertz CT molecular complexity index is 1330. The molecule has 406 valence electrons. The van der Waals surface area contributed by atoms with E-state index in [1.807, 2.05) is 13.0 Å². The first kappa shape index (κ1) is 61.8. The van der Waals surface area contributed by atoms with Crippen LogP contribution in [0.3, 0.4) is 0 Å². The van der Waals surface area contributed by atoms with E-state index in [9.17, 15) is 61.0 Å². The monoisotopic (exact) mass is 996 g/mol. The Balaban J connectivity index is 1.44. The zero-order valence-electron chi connectivity index (χ0n) is 41.5. The van der Waals surface area contributed by atoms with Crippen molar-refractivity contribution >= 4 is 5.91 Å².